The molecule has 152 valence electrons. The molecule has 1 atom stereocenters. The van der Waals surface area contributed by atoms with Gasteiger partial charge in [0.25, 0.3) is 0 Å². The topological polar surface area (TPSA) is 87.7 Å². The Morgan fingerprint density at radius 3 is 2.67 bits per heavy atom. The summed E-state index contributed by atoms with van der Waals surface area (Å²) in [4.78, 5) is 12.5. The quantitative estimate of drug-likeness (QED) is 0.764. The second kappa shape index (κ2) is 9.84. The second-order valence-corrected chi connectivity index (χ2v) is 8.91. The number of nitrogens with one attached hydrogen (secondary N) is 2. The number of halogens is 1. The number of carbonyl (C=O) groups is 1. The van der Waals surface area contributed by atoms with Gasteiger partial charge in [-0.15, -0.1) is 12.4 Å². The summed E-state index contributed by atoms with van der Waals surface area (Å²) in [5, 5.41) is 5.86. The van der Waals surface area contributed by atoms with Gasteiger partial charge in [0.2, 0.25) is 15.9 Å². The van der Waals surface area contributed by atoms with Gasteiger partial charge in [0.05, 0.1) is 18.1 Å². The number of hydrogen-bond donors (Lipinski definition) is 2. The van der Waals surface area contributed by atoms with Crippen LogP contribution in [0.2, 0.25) is 0 Å². The highest BCUT2D eigenvalue weighted by Crippen LogP contribution is 2.27. The molecule has 2 N–H and O–H groups in total. The molecule has 1 aliphatic carbocycles. The van der Waals surface area contributed by atoms with Crippen molar-refractivity contribution in [3.05, 3.63) is 24.3 Å². The molecule has 1 aliphatic heterocycles. The summed E-state index contributed by atoms with van der Waals surface area (Å²) in [6.45, 7) is 1.53. The Bertz CT molecular complexity index is 732. The van der Waals surface area contributed by atoms with Crippen LogP contribution in [0.1, 0.15) is 32.1 Å². The minimum Gasteiger partial charge on any atom is -0.378 e. The number of sulfonamides is 1. The minimum atomic E-state index is -3.58. The molecule has 2 aliphatic rings. The fraction of sp³-hybridized carbons (Fsp3) is 0.611. The lowest BCUT2D eigenvalue weighted by molar-refractivity contribution is -0.120. The summed E-state index contributed by atoms with van der Waals surface area (Å²) in [6, 6.07) is 6.08. The summed E-state index contributed by atoms with van der Waals surface area (Å²) in [7, 11) is -1.93. The van der Waals surface area contributed by atoms with Gasteiger partial charge in [-0.25, -0.2) is 8.42 Å². The van der Waals surface area contributed by atoms with Crippen molar-refractivity contribution in [2.75, 3.05) is 32.1 Å². The van der Waals surface area contributed by atoms with Gasteiger partial charge < -0.3 is 15.4 Å². The number of hydrogen-bond acceptors (Lipinski definition) is 5. The van der Waals surface area contributed by atoms with Crippen molar-refractivity contribution >= 4 is 34.0 Å². The maximum absolute atomic E-state index is 13.0. The molecule has 0 bridgehead atoms. The first-order valence-electron chi connectivity index (χ1n) is 9.18. The molecule has 0 radical (unpaired) electrons. The molecule has 1 heterocycles. The predicted octanol–water partition coefficient (Wildman–Crippen LogP) is 1.99. The maximum atomic E-state index is 13.0. The van der Waals surface area contributed by atoms with E-state index in [1.54, 1.807) is 25.2 Å². The lowest BCUT2D eigenvalue weighted by Crippen LogP contribution is -2.48. The zero-order valence-electron chi connectivity index (χ0n) is 15.5. The smallest absolute Gasteiger partial charge is 0.243 e. The van der Waals surface area contributed by atoms with Crippen LogP contribution in [0.15, 0.2) is 29.2 Å². The lowest BCUT2D eigenvalue weighted by atomic mass is 9.96. The molecule has 27 heavy (non-hydrogen) atoms. The molecule has 1 amide bonds. The first-order valence-corrected chi connectivity index (χ1v) is 10.6. The second-order valence-electron chi connectivity index (χ2n) is 6.91. The van der Waals surface area contributed by atoms with Gasteiger partial charge in [-0.2, -0.15) is 4.31 Å². The molecular formula is C18H28ClN3O4S. The molecule has 1 aromatic rings. The number of rotatable bonds is 5. The number of anilines is 1. The van der Waals surface area contributed by atoms with Crippen LogP contribution in [0.3, 0.4) is 0 Å². The normalized spacial score (nSPS) is 21.5. The molecule has 1 saturated carbocycles. The number of carbonyl (C=O) groups excluding carboxylic acids is 1. The Kier molecular flexibility index (Phi) is 8.05. The predicted molar refractivity (Wildman–Crippen MR) is 107 cm³/mol. The van der Waals surface area contributed by atoms with E-state index in [0.29, 0.717) is 25.4 Å². The third kappa shape index (κ3) is 5.42. The highest BCUT2D eigenvalue weighted by molar-refractivity contribution is 7.89. The Balaban J connectivity index is 0.00000261. The van der Waals surface area contributed by atoms with Crippen molar-refractivity contribution in [2.24, 2.45) is 0 Å². The minimum absolute atomic E-state index is 0. The van der Waals surface area contributed by atoms with E-state index in [2.05, 4.69) is 10.6 Å². The van der Waals surface area contributed by atoms with Gasteiger partial charge in [-0.05, 0) is 31.0 Å². The lowest BCUT2D eigenvalue weighted by Gasteiger charge is -2.30. The van der Waals surface area contributed by atoms with Gasteiger partial charge >= 0.3 is 0 Å². The molecule has 1 unspecified atom stereocenters. The molecule has 3 rings (SSSR count). The van der Waals surface area contributed by atoms with Gasteiger partial charge in [0, 0.05) is 25.3 Å². The molecule has 2 fully saturated rings. The average molecular weight is 418 g/mol. The highest BCUT2D eigenvalue weighted by Gasteiger charge is 2.29. The van der Waals surface area contributed by atoms with E-state index in [9.17, 15) is 13.2 Å². The number of amides is 1. The van der Waals surface area contributed by atoms with E-state index < -0.39 is 16.1 Å². The highest BCUT2D eigenvalue weighted by atomic mass is 35.5. The van der Waals surface area contributed by atoms with Gasteiger partial charge in [-0.3, -0.25) is 4.79 Å². The molecule has 1 aromatic carbocycles. The third-order valence-corrected chi connectivity index (χ3v) is 7.01. The van der Waals surface area contributed by atoms with Crippen LogP contribution in [0.25, 0.3) is 0 Å². The molecule has 0 aromatic heterocycles. The van der Waals surface area contributed by atoms with Crippen molar-refractivity contribution < 1.29 is 17.9 Å². The number of benzene rings is 1. The molecule has 1 saturated heterocycles. The van der Waals surface area contributed by atoms with Gasteiger partial charge in [-0.1, -0.05) is 25.3 Å². The SMILES string of the molecule is CN(C1CCCCC1)S(=O)(=O)c1cccc(NC(=O)C2COCCN2)c1.Cl. The number of ether oxygens (including phenoxy) is 1. The van der Waals surface area contributed by atoms with Crippen molar-refractivity contribution in [3.8, 4) is 0 Å². The largest absolute Gasteiger partial charge is 0.378 e. The Hall–Kier alpha value is -1.19. The zero-order valence-corrected chi connectivity index (χ0v) is 17.2. The van der Waals surface area contributed by atoms with Crippen LogP contribution < -0.4 is 10.6 Å². The summed E-state index contributed by atoms with van der Waals surface area (Å²) < 4.78 is 32.7. The van der Waals surface area contributed by atoms with E-state index in [4.69, 9.17) is 4.74 Å². The van der Waals surface area contributed by atoms with E-state index in [1.165, 1.54) is 16.8 Å². The van der Waals surface area contributed by atoms with E-state index >= 15 is 0 Å². The van der Waals surface area contributed by atoms with E-state index in [-0.39, 0.29) is 29.3 Å². The Morgan fingerprint density at radius 1 is 1.26 bits per heavy atom. The van der Waals surface area contributed by atoms with Crippen molar-refractivity contribution in [1.29, 1.82) is 0 Å². The number of morpholine rings is 1. The Morgan fingerprint density at radius 2 is 2.00 bits per heavy atom. The standard InChI is InChI=1S/C18H27N3O4S.ClH/c1-21(15-7-3-2-4-8-15)26(23,24)16-9-5-6-14(12-16)20-18(22)17-13-25-11-10-19-17;/h5-6,9,12,15,17,19H,2-4,7-8,10-11,13H2,1H3,(H,20,22);1H. The fourth-order valence-corrected chi connectivity index (χ4v) is 4.97. The monoisotopic (exact) mass is 417 g/mol. The van der Waals surface area contributed by atoms with Crippen LogP contribution in [-0.2, 0) is 19.6 Å². The van der Waals surface area contributed by atoms with Crippen LogP contribution in [0, 0.1) is 0 Å². The molecular weight excluding hydrogens is 390 g/mol. The summed E-state index contributed by atoms with van der Waals surface area (Å²) in [5.74, 6) is -0.222. The average Bonchev–Trinajstić information content (AvgIpc) is 2.69. The van der Waals surface area contributed by atoms with Crippen molar-refractivity contribution in [2.45, 2.75) is 49.1 Å². The molecule has 0 spiro atoms. The molecule has 9 heteroatoms. The fourth-order valence-electron chi connectivity index (χ4n) is 3.50. The molecule has 7 nitrogen and oxygen atoms in total. The van der Waals surface area contributed by atoms with Crippen LogP contribution in [0.4, 0.5) is 5.69 Å². The summed E-state index contributed by atoms with van der Waals surface area (Å²) >= 11 is 0. The van der Waals surface area contributed by atoms with Gasteiger partial charge in [0.1, 0.15) is 6.04 Å². The first kappa shape index (κ1) is 22.1. The summed E-state index contributed by atoms with van der Waals surface area (Å²) in [6.07, 6.45) is 5.11. The number of nitrogens with zero attached hydrogens (tertiary/aromatic N) is 1. The van der Waals surface area contributed by atoms with Gasteiger partial charge in [0.15, 0.2) is 0 Å². The van der Waals surface area contributed by atoms with E-state index in [0.717, 1.165) is 25.7 Å². The summed E-state index contributed by atoms with van der Waals surface area (Å²) in [5.41, 5.74) is 0.473. The third-order valence-electron chi connectivity index (χ3n) is 5.11. The Labute approximate surface area is 167 Å². The zero-order chi connectivity index (χ0) is 18.6. The maximum Gasteiger partial charge on any atom is 0.243 e. The van der Waals surface area contributed by atoms with E-state index in [1.807, 2.05) is 0 Å². The van der Waals surface area contributed by atoms with Crippen molar-refractivity contribution in [1.82, 2.24) is 9.62 Å². The van der Waals surface area contributed by atoms with Crippen LogP contribution in [0.5, 0.6) is 0 Å². The van der Waals surface area contributed by atoms with Crippen molar-refractivity contribution in [3.63, 3.8) is 0 Å². The van der Waals surface area contributed by atoms with Crippen LogP contribution >= 0.6 is 12.4 Å². The van der Waals surface area contributed by atoms with Crippen LogP contribution in [-0.4, -0.2) is 57.5 Å². The first-order chi connectivity index (χ1) is 12.5.